The standard InChI is InChI=1S/C13H17BrO3/c1-15-12-4-3-9(6-13(12)16-2)10-5-11(7-14)17-8-10/h3-4,6,10-11H,5,7-8H2,1-2H3/t10-,11+/m0/s1. The Kier molecular flexibility index (Phi) is 4.29. The van der Waals surface area contributed by atoms with Crippen LogP contribution in [-0.4, -0.2) is 32.3 Å². The average Bonchev–Trinajstić information content (AvgIpc) is 2.86. The lowest BCUT2D eigenvalue weighted by molar-refractivity contribution is 0.127. The van der Waals surface area contributed by atoms with Crippen molar-refractivity contribution in [3.8, 4) is 11.5 Å². The van der Waals surface area contributed by atoms with E-state index in [1.54, 1.807) is 14.2 Å². The van der Waals surface area contributed by atoms with E-state index in [4.69, 9.17) is 14.2 Å². The van der Waals surface area contributed by atoms with Crippen LogP contribution in [0.25, 0.3) is 0 Å². The molecule has 2 rings (SSSR count). The highest BCUT2D eigenvalue weighted by molar-refractivity contribution is 9.09. The second kappa shape index (κ2) is 5.74. The van der Waals surface area contributed by atoms with Crippen molar-refractivity contribution >= 4 is 15.9 Å². The minimum absolute atomic E-state index is 0.327. The van der Waals surface area contributed by atoms with Crippen LogP contribution in [0, 0.1) is 0 Å². The zero-order valence-corrected chi connectivity index (χ0v) is 11.7. The van der Waals surface area contributed by atoms with Crippen molar-refractivity contribution in [1.29, 1.82) is 0 Å². The summed E-state index contributed by atoms with van der Waals surface area (Å²) in [5.41, 5.74) is 1.26. The normalized spacial score (nSPS) is 23.7. The van der Waals surface area contributed by atoms with Gasteiger partial charge in [-0.05, 0) is 24.1 Å². The van der Waals surface area contributed by atoms with Gasteiger partial charge in [0.15, 0.2) is 11.5 Å². The van der Waals surface area contributed by atoms with E-state index in [2.05, 4.69) is 22.0 Å². The van der Waals surface area contributed by atoms with Crippen molar-refractivity contribution in [1.82, 2.24) is 0 Å². The quantitative estimate of drug-likeness (QED) is 0.800. The molecular formula is C13H17BrO3. The third-order valence-corrected chi connectivity index (χ3v) is 3.85. The predicted octanol–water partition coefficient (Wildman–Crippen LogP) is 2.97. The third kappa shape index (κ3) is 2.75. The van der Waals surface area contributed by atoms with Crippen LogP contribution >= 0.6 is 15.9 Å². The Morgan fingerprint density at radius 1 is 1.29 bits per heavy atom. The zero-order chi connectivity index (χ0) is 12.3. The first-order chi connectivity index (χ1) is 8.28. The van der Waals surface area contributed by atoms with Crippen LogP contribution in [0.1, 0.15) is 17.9 Å². The molecule has 0 unspecified atom stereocenters. The topological polar surface area (TPSA) is 27.7 Å². The summed E-state index contributed by atoms with van der Waals surface area (Å²) < 4.78 is 16.2. The van der Waals surface area contributed by atoms with E-state index in [-0.39, 0.29) is 0 Å². The summed E-state index contributed by atoms with van der Waals surface area (Å²) in [5.74, 6) is 2.01. The summed E-state index contributed by atoms with van der Waals surface area (Å²) in [5, 5.41) is 0.900. The fourth-order valence-electron chi connectivity index (χ4n) is 2.15. The maximum atomic E-state index is 5.68. The van der Waals surface area contributed by atoms with Gasteiger partial charge in [-0.15, -0.1) is 0 Å². The average molecular weight is 301 g/mol. The third-order valence-electron chi connectivity index (χ3n) is 3.13. The van der Waals surface area contributed by atoms with Gasteiger partial charge < -0.3 is 14.2 Å². The molecule has 0 radical (unpaired) electrons. The second-order valence-corrected chi connectivity index (χ2v) is 4.80. The van der Waals surface area contributed by atoms with E-state index >= 15 is 0 Å². The van der Waals surface area contributed by atoms with Crippen LogP contribution in [0.2, 0.25) is 0 Å². The highest BCUT2D eigenvalue weighted by Gasteiger charge is 2.26. The summed E-state index contributed by atoms with van der Waals surface area (Å²) in [6.45, 7) is 0.783. The highest BCUT2D eigenvalue weighted by Crippen LogP contribution is 2.35. The fraction of sp³-hybridized carbons (Fsp3) is 0.538. The fourth-order valence-corrected chi connectivity index (χ4v) is 2.60. The van der Waals surface area contributed by atoms with Crippen molar-refractivity contribution in [2.45, 2.75) is 18.4 Å². The summed E-state index contributed by atoms with van der Waals surface area (Å²) in [6, 6.07) is 6.09. The Hall–Kier alpha value is -0.740. The van der Waals surface area contributed by atoms with Crippen LogP contribution < -0.4 is 9.47 Å². The largest absolute Gasteiger partial charge is 0.493 e. The Morgan fingerprint density at radius 2 is 2.06 bits per heavy atom. The zero-order valence-electron chi connectivity index (χ0n) is 10.1. The Morgan fingerprint density at radius 3 is 2.65 bits per heavy atom. The van der Waals surface area contributed by atoms with Crippen molar-refractivity contribution < 1.29 is 14.2 Å². The molecule has 0 aliphatic carbocycles. The van der Waals surface area contributed by atoms with E-state index in [1.165, 1.54) is 5.56 Å². The monoisotopic (exact) mass is 300 g/mol. The van der Waals surface area contributed by atoms with Crippen LogP contribution in [0.15, 0.2) is 18.2 Å². The summed E-state index contributed by atoms with van der Waals surface area (Å²) in [6.07, 6.45) is 1.38. The van der Waals surface area contributed by atoms with Gasteiger partial charge in [0.2, 0.25) is 0 Å². The Bertz CT molecular complexity index is 381. The van der Waals surface area contributed by atoms with Crippen LogP contribution in [0.3, 0.4) is 0 Å². The molecule has 1 aliphatic heterocycles. The van der Waals surface area contributed by atoms with Gasteiger partial charge in [0.25, 0.3) is 0 Å². The van der Waals surface area contributed by atoms with E-state index in [0.717, 1.165) is 29.9 Å². The first kappa shape index (κ1) is 12.7. The van der Waals surface area contributed by atoms with E-state index < -0.39 is 0 Å². The number of rotatable bonds is 4. The summed E-state index contributed by atoms with van der Waals surface area (Å²) in [7, 11) is 3.31. The predicted molar refractivity (Wildman–Crippen MR) is 70.4 cm³/mol. The van der Waals surface area contributed by atoms with E-state index in [1.807, 2.05) is 12.1 Å². The van der Waals surface area contributed by atoms with Gasteiger partial charge in [-0.25, -0.2) is 0 Å². The van der Waals surface area contributed by atoms with Crippen LogP contribution in [0.5, 0.6) is 11.5 Å². The maximum absolute atomic E-state index is 5.68. The molecular weight excluding hydrogens is 284 g/mol. The first-order valence-electron chi connectivity index (χ1n) is 5.68. The molecule has 4 heteroatoms. The molecule has 1 heterocycles. The van der Waals surface area contributed by atoms with Gasteiger partial charge in [0.1, 0.15) is 0 Å². The molecule has 0 saturated carbocycles. The summed E-state index contributed by atoms with van der Waals surface area (Å²) in [4.78, 5) is 0. The van der Waals surface area contributed by atoms with Crippen LogP contribution in [-0.2, 0) is 4.74 Å². The minimum atomic E-state index is 0.327. The molecule has 0 N–H and O–H groups in total. The van der Waals surface area contributed by atoms with Gasteiger partial charge in [0, 0.05) is 11.2 Å². The SMILES string of the molecule is COc1ccc([C@@H]2CO[C@@H](CBr)C2)cc1OC. The maximum Gasteiger partial charge on any atom is 0.160 e. The Balaban J connectivity index is 2.16. The first-order valence-corrected chi connectivity index (χ1v) is 6.80. The molecule has 94 valence electrons. The number of alkyl halides is 1. The molecule has 0 amide bonds. The molecule has 0 aromatic heterocycles. The van der Waals surface area contributed by atoms with Crippen molar-refractivity contribution in [3.63, 3.8) is 0 Å². The minimum Gasteiger partial charge on any atom is -0.493 e. The Labute approximate surface area is 110 Å². The number of methoxy groups -OCH3 is 2. The molecule has 0 spiro atoms. The molecule has 1 aromatic rings. The number of halogens is 1. The molecule has 0 bridgehead atoms. The number of hydrogen-bond donors (Lipinski definition) is 0. The highest BCUT2D eigenvalue weighted by atomic mass is 79.9. The molecule has 1 saturated heterocycles. The van der Waals surface area contributed by atoms with Gasteiger partial charge in [-0.2, -0.15) is 0 Å². The van der Waals surface area contributed by atoms with E-state index in [0.29, 0.717) is 12.0 Å². The van der Waals surface area contributed by atoms with Crippen LogP contribution in [0.4, 0.5) is 0 Å². The molecule has 1 aliphatic rings. The summed E-state index contributed by atoms with van der Waals surface area (Å²) >= 11 is 3.46. The van der Waals surface area contributed by atoms with Crippen molar-refractivity contribution in [3.05, 3.63) is 23.8 Å². The molecule has 1 aromatic carbocycles. The van der Waals surface area contributed by atoms with Gasteiger partial charge >= 0.3 is 0 Å². The lowest BCUT2D eigenvalue weighted by Gasteiger charge is -2.12. The van der Waals surface area contributed by atoms with Gasteiger partial charge in [-0.3, -0.25) is 0 Å². The molecule has 2 atom stereocenters. The molecule has 17 heavy (non-hydrogen) atoms. The molecule has 3 nitrogen and oxygen atoms in total. The molecule has 1 fully saturated rings. The van der Waals surface area contributed by atoms with Gasteiger partial charge in [-0.1, -0.05) is 22.0 Å². The number of hydrogen-bond acceptors (Lipinski definition) is 3. The second-order valence-electron chi connectivity index (χ2n) is 4.16. The lowest BCUT2D eigenvalue weighted by atomic mass is 9.96. The van der Waals surface area contributed by atoms with E-state index in [9.17, 15) is 0 Å². The van der Waals surface area contributed by atoms with Crippen molar-refractivity contribution in [2.75, 3.05) is 26.2 Å². The van der Waals surface area contributed by atoms with Gasteiger partial charge in [0.05, 0.1) is 26.9 Å². The van der Waals surface area contributed by atoms with Crippen molar-refractivity contribution in [2.24, 2.45) is 0 Å². The number of benzene rings is 1. The lowest BCUT2D eigenvalue weighted by Crippen LogP contribution is -2.05. The smallest absolute Gasteiger partial charge is 0.160 e. The number of ether oxygens (including phenoxy) is 3.